The fourth-order valence-electron chi connectivity index (χ4n) is 1.12. The molecule has 0 saturated heterocycles. The van der Waals surface area contributed by atoms with Gasteiger partial charge in [-0.3, -0.25) is 4.68 Å². The maximum absolute atomic E-state index is 5.72. The van der Waals surface area contributed by atoms with E-state index >= 15 is 0 Å². The van der Waals surface area contributed by atoms with Crippen LogP contribution in [0.15, 0.2) is 18.5 Å². The van der Waals surface area contributed by atoms with Gasteiger partial charge in [-0.05, 0) is 19.4 Å². The molecule has 0 saturated carbocycles. The van der Waals surface area contributed by atoms with E-state index in [1.807, 2.05) is 23.9 Å². The van der Waals surface area contributed by atoms with Crippen LogP contribution < -0.4 is 5.73 Å². The van der Waals surface area contributed by atoms with Crippen molar-refractivity contribution >= 4 is 0 Å². The molecule has 80 valence electrons. The van der Waals surface area contributed by atoms with Gasteiger partial charge in [0.15, 0.2) is 0 Å². The van der Waals surface area contributed by atoms with Crippen LogP contribution in [0.3, 0.4) is 0 Å². The van der Waals surface area contributed by atoms with E-state index in [0.29, 0.717) is 13.2 Å². The highest BCUT2D eigenvalue weighted by Crippen LogP contribution is 2.12. The normalized spacial score (nSPS) is 15.4. The van der Waals surface area contributed by atoms with Gasteiger partial charge in [0.25, 0.3) is 0 Å². The van der Waals surface area contributed by atoms with Crippen LogP contribution in [-0.2, 0) is 11.3 Å². The average molecular weight is 197 g/mol. The molecule has 1 rings (SSSR count). The lowest BCUT2D eigenvalue weighted by Gasteiger charge is -2.26. The summed E-state index contributed by atoms with van der Waals surface area (Å²) >= 11 is 0. The second-order valence-electron chi connectivity index (χ2n) is 3.63. The minimum absolute atomic E-state index is 0.187. The van der Waals surface area contributed by atoms with Crippen LogP contribution in [0.25, 0.3) is 0 Å². The molecule has 0 radical (unpaired) electrons. The molecule has 4 heteroatoms. The number of ether oxygens (including phenoxy) is 1. The fraction of sp³-hybridized carbons (Fsp3) is 0.700. The Morgan fingerprint density at radius 1 is 1.57 bits per heavy atom. The molecule has 14 heavy (non-hydrogen) atoms. The van der Waals surface area contributed by atoms with Crippen molar-refractivity contribution in [1.29, 1.82) is 0 Å². The smallest absolute Gasteiger partial charge is 0.0774 e. The number of hydrogen-bond donors (Lipinski definition) is 1. The van der Waals surface area contributed by atoms with E-state index in [-0.39, 0.29) is 5.60 Å². The second-order valence-corrected chi connectivity index (χ2v) is 3.63. The third-order valence-corrected chi connectivity index (χ3v) is 2.51. The van der Waals surface area contributed by atoms with Gasteiger partial charge in [-0.2, -0.15) is 5.10 Å². The predicted molar refractivity (Wildman–Crippen MR) is 55.9 cm³/mol. The topological polar surface area (TPSA) is 53.1 Å². The largest absolute Gasteiger partial charge is 0.372 e. The van der Waals surface area contributed by atoms with Crippen LogP contribution in [0.4, 0.5) is 0 Å². The van der Waals surface area contributed by atoms with E-state index < -0.39 is 0 Å². The molecule has 0 amide bonds. The Morgan fingerprint density at radius 2 is 2.36 bits per heavy atom. The number of nitrogens with two attached hydrogens (primary N) is 1. The summed E-state index contributed by atoms with van der Waals surface area (Å²) in [5.41, 5.74) is 5.44. The highest BCUT2D eigenvalue weighted by molar-refractivity contribution is 4.78. The zero-order valence-corrected chi connectivity index (χ0v) is 8.94. The lowest BCUT2D eigenvalue weighted by atomic mass is 10.0. The van der Waals surface area contributed by atoms with Crippen molar-refractivity contribution in [1.82, 2.24) is 9.78 Å². The molecule has 0 aliphatic carbocycles. The number of hydrogen-bond acceptors (Lipinski definition) is 3. The van der Waals surface area contributed by atoms with E-state index in [2.05, 4.69) is 12.0 Å². The SMILES string of the molecule is CCC(C)(CN)OCCn1cccn1. The van der Waals surface area contributed by atoms with Gasteiger partial charge in [-0.1, -0.05) is 6.92 Å². The van der Waals surface area contributed by atoms with Crippen molar-refractivity contribution in [2.75, 3.05) is 13.2 Å². The van der Waals surface area contributed by atoms with Crippen LogP contribution in [-0.4, -0.2) is 28.5 Å². The molecule has 0 fully saturated rings. The molecular weight excluding hydrogens is 178 g/mol. The Bertz CT molecular complexity index is 242. The molecule has 1 aromatic heterocycles. The number of nitrogens with zero attached hydrogens (tertiary/aromatic N) is 2. The third-order valence-electron chi connectivity index (χ3n) is 2.51. The van der Waals surface area contributed by atoms with Gasteiger partial charge in [0, 0.05) is 18.9 Å². The summed E-state index contributed by atoms with van der Waals surface area (Å²) in [6.07, 6.45) is 4.62. The molecule has 1 unspecified atom stereocenters. The van der Waals surface area contributed by atoms with Gasteiger partial charge >= 0.3 is 0 Å². The summed E-state index contributed by atoms with van der Waals surface area (Å²) in [5.74, 6) is 0. The molecule has 2 N–H and O–H groups in total. The van der Waals surface area contributed by atoms with Gasteiger partial charge in [0.1, 0.15) is 0 Å². The Labute approximate surface area is 85.0 Å². The molecule has 4 nitrogen and oxygen atoms in total. The Kier molecular flexibility index (Phi) is 4.10. The molecule has 0 bridgehead atoms. The fourth-order valence-corrected chi connectivity index (χ4v) is 1.12. The van der Waals surface area contributed by atoms with Crippen LogP contribution in [0.5, 0.6) is 0 Å². The predicted octanol–water partition coefficient (Wildman–Crippen LogP) is 1.03. The summed E-state index contributed by atoms with van der Waals surface area (Å²) in [7, 11) is 0. The minimum Gasteiger partial charge on any atom is -0.372 e. The highest BCUT2D eigenvalue weighted by Gasteiger charge is 2.19. The summed E-state index contributed by atoms with van der Waals surface area (Å²) in [5, 5.41) is 4.09. The summed E-state index contributed by atoms with van der Waals surface area (Å²) < 4.78 is 7.57. The van der Waals surface area contributed by atoms with E-state index in [0.717, 1.165) is 13.0 Å². The number of rotatable bonds is 6. The first-order valence-corrected chi connectivity index (χ1v) is 5.01. The van der Waals surface area contributed by atoms with Crippen molar-refractivity contribution in [2.24, 2.45) is 5.73 Å². The van der Waals surface area contributed by atoms with Gasteiger partial charge in [0.2, 0.25) is 0 Å². The first-order valence-electron chi connectivity index (χ1n) is 5.01. The lowest BCUT2D eigenvalue weighted by Crippen LogP contribution is -2.37. The lowest BCUT2D eigenvalue weighted by molar-refractivity contribution is -0.0317. The van der Waals surface area contributed by atoms with Crippen LogP contribution >= 0.6 is 0 Å². The summed E-state index contributed by atoms with van der Waals surface area (Å²) in [6.45, 7) is 6.12. The quantitative estimate of drug-likeness (QED) is 0.741. The van der Waals surface area contributed by atoms with Crippen molar-refractivity contribution in [2.45, 2.75) is 32.4 Å². The molecular formula is C10H19N3O. The molecule has 1 aromatic rings. The highest BCUT2D eigenvalue weighted by atomic mass is 16.5. The van der Waals surface area contributed by atoms with Gasteiger partial charge in [-0.25, -0.2) is 0 Å². The van der Waals surface area contributed by atoms with E-state index in [1.165, 1.54) is 0 Å². The average Bonchev–Trinajstić information content (AvgIpc) is 2.70. The Hall–Kier alpha value is -0.870. The maximum atomic E-state index is 5.72. The standard InChI is InChI=1S/C10H19N3O/c1-3-10(2,9-11)14-8-7-13-6-4-5-12-13/h4-6H,3,7-9,11H2,1-2H3. The van der Waals surface area contributed by atoms with Gasteiger partial charge in [0.05, 0.1) is 18.8 Å². The molecule has 0 aromatic carbocycles. The first-order chi connectivity index (χ1) is 6.70. The molecule has 0 aliphatic heterocycles. The van der Waals surface area contributed by atoms with Crippen molar-refractivity contribution < 1.29 is 4.74 Å². The zero-order valence-electron chi connectivity index (χ0n) is 8.94. The van der Waals surface area contributed by atoms with Crippen LogP contribution in [0.2, 0.25) is 0 Å². The van der Waals surface area contributed by atoms with E-state index in [9.17, 15) is 0 Å². The Morgan fingerprint density at radius 3 is 2.86 bits per heavy atom. The van der Waals surface area contributed by atoms with Crippen LogP contribution in [0.1, 0.15) is 20.3 Å². The van der Waals surface area contributed by atoms with Gasteiger partial charge < -0.3 is 10.5 Å². The van der Waals surface area contributed by atoms with E-state index in [1.54, 1.807) is 6.20 Å². The van der Waals surface area contributed by atoms with Gasteiger partial charge in [-0.15, -0.1) is 0 Å². The summed E-state index contributed by atoms with van der Waals surface area (Å²) in [6, 6.07) is 1.90. The minimum atomic E-state index is -0.187. The summed E-state index contributed by atoms with van der Waals surface area (Å²) in [4.78, 5) is 0. The second kappa shape index (κ2) is 5.12. The molecule has 0 aliphatic rings. The third kappa shape index (κ3) is 3.12. The maximum Gasteiger partial charge on any atom is 0.0774 e. The molecule has 0 spiro atoms. The monoisotopic (exact) mass is 197 g/mol. The molecule has 1 heterocycles. The first kappa shape index (κ1) is 11.2. The van der Waals surface area contributed by atoms with Crippen molar-refractivity contribution in [3.05, 3.63) is 18.5 Å². The van der Waals surface area contributed by atoms with Crippen molar-refractivity contribution in [3.8, 4) is 0 Å². The van der Waals surface area contributed by atoms with Crippen molar-refractivity contribution in [3.63, 3.8) is 0 Å². The number of aromatic nitrogens is 2. The Balaban J connectivity index is 2.27. The van der Waals surface area contributed by atoms with E-state index in [4.69, 9.17) is 10.5 Å². The zero-order chi connectivity index (χ0) is 10.4. The molecule has 1 atom stereocenters. The van der Waals surface area contributed by atoms with Crippen LogP contribution in [0, 0.1) is 0 Å².